The summed E-state index contributed by atoms with van der Waals surface area (Å²) in [5.41, 5.74) is 7.70. The molecule has 2 saturated heterocycles. The van der Waals surface area contributed by atoms with Gasteiger partial charge in [0.2, 0.25) is 11.8 Å². The third kappa shape index (κ3) is 4.04. The normalized spacial score (nSPS) is 22.4. The van der Waals surface area contributed by atoms with Crippen molar-refractivity contribution in [1.82, 2.24) is 10.2 Å². The zero-order chi connectivity index (χ0) is 16.9. The maximum absolute atomic E-state index is 11.8. The Labute approximate surface area is 142 Å². The summed E-state index contributed by atoms with van der Waals surface area (Å²) >= 11 is 0. The molecule has 2 aliphatic rings. The highest BCUT2D eigenvalue weighted by Gasteiger charge is 2.26. The van der Waals surface area contributed by atoms with Crippen LogP contribution in [-0.2, 0) is 9.59 Å². The van der Waals surface area contributed by atoms with E-state index in [0.717, 1.165) is 38.4 Å². The average Bonchev–Trinajstić information content (AvgIpc) is 2.59. The molecule has 0 spiro atoms. The minimum absolute atomic E-state index is 0.192. The summed E-state index contributed by atoms with van der Waals surface area (Å²) in [7, 11) is 0. The van der Waals surface area contributed by atoms with Crippen LogP contribution in [0.5, 0.6) is 0 Å². The van der Waals surface area contributed by atoms with Crippen molar-refractivity contribution in [2.45, 2.75) is 18.9 Å². The van der Waals surface area contributed by atoms with E-state index in [-0.39, 0.29) is 17.9 Å². The van der Waals surface area contributed by atoms with Crippen molar-refractivity contribution in [3.05, 3.63) is 24.3 Å². The molecule has 1 unspecified atom stereocenters. The van der Waals surface area contributed by atoms with Crippen molar-refractivity contribution in [3.8, 4) is 0 Å². The van der Waals surface area contributed by atoms with Gasteiger partial charge in [0.1, 0.15) is 6.04 Å². The van der Waals surface area contributed by atoms with Crippen LogP contribution in [0.15, 0.2) is 24.3 Å². The summed E-state index contributed by atoms with van der Waals surface area (Å²) < 4.78 is 0. The van der Waals surface area contributed by atoms with Crippen molar-refractivity contribution in [3.63, 3.8) is 0 Å². The Bertz CT molecular complexity index is 581. The number of nitrogens with zero attached hydrogens (tertiary/aromatic N) is 2. The molecule has 2 fully saturated rings. The molecule has 2 amide bonds. The number of rotatable bonds is 5. The SMILES string of the molecule is NCCN1CCN(c2ccc(NC3CCC(=O)NC3=O)cc2)CC1. The average molecular weight is 331 g/mol. The number of carbonyl (C=O) groups is 2. The molecular weight excluding hydrogens is 306 g/mol. The zero-order valence-corrected chi connectivity index (χ0v) is 13.8. The van der Waals surface area contributed by atoms with E-state index in [9.17, 15) is 9.59 Å². The van der Waals surface area contributed by atoms with Gasteiger partial charge in [-0.15, -0.1) is 0 Å². The predicted octanol–water partition coefficient (Wildman–Crippen LogP) is -0.0156. The third-order valence-electron chi connectivity index (χ3n) is 4.63. The van der Waals surface area contributed by atoms with Crippen molar-refractivity contribution >= 4 is 23.2 Å². The smallest absolute Gasteiger partial charge is 0.249 e. The van der Waals surface area contributed by atoms with Crippen molar-refractivity contribution < 1.29 is 9.59 Å². The summed E-state index contributed by atoms with van der Waals surface area (Å²) in [4.78, 5) is 27.7. The number of piperidine rings is 1. The molecule has 1 aromatic rings. The Hall–Kier alpha value is -2.12. The number of amides is 2. The van der Waals surface area contributed by atoms with Gasteiger partial charge in [-0.3, -0.25) is 19.8 Å². The number of hydrogen-bond donors (Lipinski definition) is 3. The van der Waals surface area contributed by atoms with E-state index in [0.29, 0.717) is 19.4 Å². The van der Waals surface area contributed by atoms with Crippen LogP contribution in [0, 0.1) is 0 Å². The number of nitrogens with two attached hydrogens (primary N) is 1. The summed E-state index contributed by atoms with van der Waals surface area (Å²) in [6, 6.07) is 7.80. The van der Waals surface area contributed by atoms with Gasteiger partial charge in [-0.1, -0.05) is 0 Å². The van der Waals surface area contributed by atoms with Crippen LogP contribution in [0.4, 0.5) is 11.4 Å². The Morgan fingerprint density at radius 2 is 1.83 bits per heavy atom. The molecule has 7 heteroatoms. The molecule has 2 aliphatic heterocycles. The highest BCUT2D eigenvalue weighted by Crippen LogP contribution is 2.21. The summed E-state index contributed by atoms with van der Waals surface area (Å²) in [5.74, 6) is -0.437. The minimum Gasteiger partial charge on any atom is -0.374 e. The lowest BCUT2D eigenvalue weighted by Crippen LogP contribution is -2.48. The highest BCUT2D eigenvalue weighted by atomic mass is 16.2. The molecule has 0 aromatic heterocycles. The summed E-state index contributed by atoms with van der Waals surface area (Å²) in [6.45, 7) is 5.74. The molecule has 0 saturated carbocycles. The summed E-state index contributed by atoms with van der Waals surface area (Å²) in [5, 5.41) is 5.57. The van der Waals surface area contributed by atoms with E-state index >= 15 is 0 Å². The lowest BCUT2D eigenvalue weighted by molar-refractivity contribution is -0.133. The Kier molecular flexibility index (Phi) is 5.32. The van der Waals surface area contributed by atoms with E-state index < -0.39 is 0 Å². The van der Waals surface area contributed by atoms with Gasteiger partial charge in [0.05, 0.1) is 0 Å². The first-order valence-corrected chi connectivity index (χ1v) is 8.53. The van der Waals surface area contributed by atoms with Gasteiger partial charge in [0, 0.05) is 57.1 Å². The number of imide groups is 1. The Balaban J connectivity index is 1.54. The lowest BCUT2D eigenvalue weighted by Gasteiger charge is -2.36. The second-order valence-corrected chi connectivity index (χ2v) is 6.31. The van der Waals surface area contributed by atoms with Crippen LogP contribution in [-0.4, -0.2) is 62.0 Å². The van der Waals surface area contributed by atoms with E-state index in [1.807, 2.05) is 12.1 Å². The quantitative estimate of drug-likeness (QED) is 0.657. The lowest BCUT2D eigenvalue weighted by atomic mass is 10.1. The first-order chi connectivity index (χ1) is 11.7. The second-order valence-electron chi connectivity index (χ2n) is 6.31. The number of nitrogens with one attached hydrogen (secondary N) is 2. The van der Waals surface area contributed by atoms with Crippen molar-refractivity contribution in [1.29, 1.82) is 0 Å². The van der Waals surface area contributed by atoms with Gasteiger partial charge >= 0.3 is 0 Å². The fourth-order valence-electron chi connectivity index (χ4n) is 3.21. The highest BCUT2D eigenvalue weighted by molar-refractivity contribution is 6.01. The molecule has 2 heterocycles. The molecule has 3 rings (SSSR count). The van der Waals surface area contributed by atoms with Crippen molar-refractivity contribution in [2.75, 3.05) is 49.5 Å². The summed E-state index contributed by atoms with van der Waals surface area (Å²) in [6.07, 6.45) is 0.921. The van der Waals surface area contributed by atoms with Crippen LogP contribution in [0.3, 0.4) is 0 Å². The molecule has 24 heavy (non-hydrogen) atoms. The minimum atomic E-state index is -0.339. The Morgan fingerprint density at radius 1 is 1.12 bits per heavy atom. The number of carbonyl (C=O) groups excluding carboxylic acids is 2. The molecule has 7 nitrogen and oxygen atoms in total. The van der Waals surface area contributed by atoms with Crippen LogP contribution in [0.25, 0.3) is 0 Å². The number of piperazine rings is 1. The molecule has 130 valence electrons. The van der Waals surface area contributed by atoms with Gasteiger partial charge in [-0.25, -0.2) is 0 Å². The first-order valence-electron chi connectivity index (χ1n) is 8.53. The zero-order valence-electron chi connectivity index (χ0n) is 13.8. The van der Waals surface area contributed by atoms with E-state index in [1.165, 1.54) is 5.69 Å². The predicted molar refractivity (Wildman–Crippen MR) is 93.9 cm³/mol. The Morgan fingerprint density at radius 3 is 2.46 bits per heavy atom. The van der Waals surface area contributed by atoms with Crippen LogP contribution < -0.4 is 21.3 Å². The van der Waals surface area contributed by atoms with Gasteiger partial charge in [0.15, 0.2) is 0 Å². The molecule has 0 bridgehead atoms. The maximum Gasteiger partial charge on any atom is 0.249 e. The number of benzene rings is 1. The number of anilines is 2. The van der Waals surface area contributed by atoms with Crippen LogP contribution >= 0.6 is 0 Å². The van der Waals surface area contributed by atoms with Gasteiger partial charge in [-0.2, -0.15) is 0 Å². The van der Waals surface area contributed by atoms with E-state index in [1.54, 1.807) is 0 Å². The van der Waals surface area contributed by atoms with Gasteiger partial charge in [0.25, 0.3) is 0 Å². The van der Waals surface area contributed by atoms with E-state index in [4.69, 9.17) is 5.73 Å². The van der Waals surface area contributed by atoms with Crippen LogP contribution in [0.2, 0.25) is 0 Å². The van der Waals surface area contributed by atoms with Gasteiger partial charge < -0.3 is 16.0 Å². The monoisotopic (exact) mass is 331 g/mol. The molecule has 0 aliphatic carbocycles. The standard InChI is InChI=1S/C17H25N5O2/c18-7-8-21-9-11-22(12-10-21)14-3-1-13(2-4-14)19-15-5-6-16(23)20-17(15)24/h1-4,15,19H,5-12,18H2,(H,20,23,24). The fraction of sp³-hybridized carbons (Fsp3) is 0.529. The fourth-order valence-corrected chi connectivity index (χ4v) is 3.21. The van der Waals surface area contributed by atoms with Gasteiger partial charge in [-0.05, 0) is 30.7 Å². The third-order valence-corrected chi connectivity index (χ3v) is 4.63. The molecule has 4 N–H and O–H groups in total. The molecule has 1 atom stereocenters. The van der Waals surface area contributed by atoms with Crippen LogP contribution in [0.1, 0.15) is 12.8 Å². The molecule has 1 aromatic carbocycles. The second kappa shape index (κ2) is 7.63. The van der Waals surface area contributed by atoms with Crippen molar-refractivity contribution in [2.24, 2.45) is 5.73 Å². The molecule has 0 radical (unpaired) electrons. The van der Waals surface area contributed by atoms with E-state index in [2.05, 4.69) is 32.6 Å². The maximum atomic E-state index is 11.8. The topological polar surface area (TPSA) is 90.7 Å². The number of hydrogen-bond acceptors (Lipinski definition) is 6. The first kappa shape index (κ1) is 16.7. The largest absolute Gasteiger partial charge is 0.374 e. The molecular formula is C17H25N5O2.